The average Bonchev–Trinajstić information content (AvgIpc) is 2.69. The molecule has 13 heavy (non-hydrogen) atoms. The zero-order chi connectivity index (χ0) is 8.93. The van der Waals surface area contributed by atoms with Crippen LogP contribution < -0.4 is 5.32 Å². The van der Waals surface area contributed by atoms with Gasteiger partial charge in [-0.05, 0) is 18.8 Å². The molecule has 1 aliphatic rings. The first-order valence-electron chi connectivity index (χ1n) is 4.76. The monoisotopic (exact) mass is 181 g/mol. The van der Waals surface area contributed by atoms with E-state index in [4.69, 9.17) is 4.74 Å². The normalized spacial score (nSPS) is 22.9. The molecule has 0 spiro atoms. The van der Waals surface area contributed by atoms with Crippen molar-refractivity contribution in [1.82, 2.24) is 9.97 Å². The van der Waals surface area contributed by atoms with Gasteiger partial charge in [0.15, 0.2) is 5.95 Å². The van der Waals surface area contributed by atoms with Crippen molar-refractivity contribution in [3.05, 3.63) is 12.4 Å². The van der Waals surface area contributed by atoms with E-state index >= 15 is 0 Å². The Balaban J connectivity index is 1.72. The second kappa shape index (κ2) is 4.28. The van der Waals surface area contributed by atoms with Gasteiger partial charge in [-0.1, -0.05) is 0 Å². The molecule has 72 valence electrons. The predicted octanol–water partition coefficient (Wildman–Crippen LogP) is 1.25. The molecule has 0 bridgehead atoms. The number of anilines is 1. The van der Waals surface area contributed by atoms with Crippen molar-refractivity contribution in [1.29, 1.82) is 0 Å². The van der Waals surface area contributed by atoms with Gasteiger partial charge >= 0.3 is 0 Å². The minimum atomic E-state index is 0.638. The Hall–Kier alpha value is -1.03. The molecule has 1 saturated heterocycles. The van der Waals surface area contributed by atoms with Crippen LogP contribution in [0, 0.1) is 5.92 Å². The number of hydrogen-bond acceptors (Lipinski definition) is 3. The predicted molar refractivity (Wildman–Crippen MR) is 50.6 cm³/mol. The Morgan fingerprint density at radius 3 is 3.38 bits per heavy atom. The van der Waals surface area contributed by atoms with Crippen LogP contribution in [-0.4, -0.2) is 29.7 Å². The van der Waals surface area contributed by atoms with E-state index in [1.54, 1.807) is 6.20 Å². The number of nitrogens with zero attached hydrogens (tertiary/aromatic N) is 1. The Bertz CT molecular complexity index is 229. The highest BCUT2D eigenvalue weighted by molar-refractivity contribution is 5.22. The number of imidazole rings is 1. The molecular formula is C9H15N3O. The van der Waals surface area contributed by atoms with Crippen molar-refractivity contribution in [2.45, 2.75) is 12.8 Å². The molecule has 1 atom stereocenters. The summed E-state index contributed by atoms with van der Waals surface area (Å²) in [5, 5.41) is 3.25. The van der Waals surface area contributed by atoms with Crippen LogP contribution in [0.4, 0.5) is 5.95 Å². The second-order valence-electron chi connectivity index (χ2n) is 3.40. The molecule has 0 radical (unpaired) electrons. The van der Waals surface area contributed by atoms with Gasteiger partial charge in [-0.3, -0.25) is 0 Å². The summed E-state index contributed by atoms with van der Waals surface area (Å²) < 4.78 is 5.38. The largest absolute Gasteiger partial charge is 0.381 e. The SMILES string of the molecule is c1c[nH]c(NCC2CCCOC2)n1. The summed E-state index contributed by atoms with van der Waals surface area (Å²) in [6, 6.07) is 0. The molecule has 1 aliphatic heterocycles. The van der Waals surface area contributed by atoms with E-state index in [1.807, 2.05) is 6.20 Å². The van der Waals surface area contributed by atoms with E-state index in [9.17, 15) is 0 Å². The van der Waals surface area contributed by atoms with E-state index in [-0.39, 0.29) is 0 Å². The third kappa shape index (κ3) is 2.45. The highest BCUT2D eigenvalue weighted by atomic mass is 16.5. The first-order chi connectivity index (χ1) is 6.45. The van der Waals surface area contributed by atoms with Crippen LogP contribution in [0.2, 0.25) is 0 Å². The first-order valence-corrected chi connectivity index (χ1v) is 4.76. The molecule has 4 heteroatoms. The highest BCUT2D eigenvalue weighted by Gasteiger charge is 2.13. The quantitative estimate of drug-likeness (QED) is 0.737. The van der Waals surface area contributed by atoms with Gasteiger partial charge in [-0.2, -0.15) is 0 Å². The maximum absolute atomic E-state index is 5.38. The van der Waals surface area contributed by atoms with Crippen molar-refractivity contribution in [2.24, 2.45) is 5.92 Å². The van der Waals surface area contributed by atoms with Crippen LogP contribution in [0.1, 0.15) is 12.8 Å². The van der Waals surface area contributed by atoms with Gasteiger partial charge in [-0.25, -0.2) is 4.98 Å². The van der Waals surface area contributed by atoms with Gasteiger partial charge in [0.1, 0.15) is 0 Å². The number of aromatic nitrogens is 2. The number of ether oxygens (including phenoxy) is 1. The third-order valence-electron chi connectivity index (χ3n) is 2.31. The fourth-order valence-electron chi connectivity index (χ4n) is 1.57. The molecule has 0 aliphatic carbocycles. The summed E-state index contributed by atoms with van der Waals surface area (Å²) in [6.45, 7) is 2.76. The minimum absolute atomic E-state index is 0.638. The fraction of sp³-hybridized carbons (Fsp3) is 0.667. The third-order valence-corrected chi connectivity index (χ3v) is 2.31. The Labute approximate surface area is 77.7 Å². The second-order valence-corrected chi connectivity index (χ2v) is 3.40. The van der Waals surface area contributed by atoms with Crippen molar-refractivity contribution < 1.29 is 4.74 Å². The highest BCUT2D eigenvalue weighted by Crippen LogP contribution is 2.13. The number of hydrogen-bond donors (Lipinski definition) is 2. The summed E-state index contributed by atoms with van der Waals surface area (Å²) in [4.78, 5) is 7.11. The topological polar surface area (TPSA) is 49.9 Å². The molecule has 0 saturated carbocycles. The van der Waals surface area contributed by atoms with Crippen molar-refractivity contribution in [2.75, 3.05) is 25.1 Å². The number of H-pyrrole nitrogens is 1. The lowest BCUT2D eigenvalue weighted by Crippen LogP contribution is -2.24. The molecule has 1 fully saturated rings. The maximum atomic E-state index is 5.38. The van der Waals surface area contributed by atoms with Crippen LogP contribution in [0.5, 0.6) is 0 Å². The molecule has 2 N–H and O–H groups in total. The van der Waals surface area contributed by atoms with Crippen molar-refractivity contribution in [3.8, 4) is 0 Å². The molecule has 1 aromatic heterocycles. The lowest BCUT2D eigenvalue weighted by Gasteiger charge is -2.21. The van der Waals surface area contributed by atoms with Gasteiger partial charge in [0.2, 0.25) is 0 Å². The van der Waals surface area contributed by atoms with Crippen LogP contribution in [0.25, 0.3) is 0 Å². The standard InChI is InChI=1S/C9H15N3O/c1-2-8(7-13-5-1)6-12-9-10-3-4-11-9/h3-4,8H,1-2,5-7H2,(H2,10,11,12). The molecule has 2 rings (SSSR count). The maximum Gasteiger partial charge on any atom is 0.200 e. The van der Waals surface area contributed by atoms with Crippen LogP contribution in [-0.2, 0) is 4.74 Å². The molecule has 2 heterocycles. The van der Waals surface area contributed by atoms with E-state index < -0.39 is 0 Å². The van der Waals surface area contributed by atoms with Gasteiger partial charge < -0.3 is 15.0 Å². The van der Waals surface area contributed by atoms with E-state index in [1.165, 1.54) is 12.8 Å². The molecule has 0 amide bonds. The van der Waals surface area contributed by atoms with Crippen LogP contribution >= 0.6 is 0 Å². The molecule has 4 nitrogen and oxygen atoms in total. The Kier molecular flexibility index (Phi) is 2.82. The average molecular weight is 181 g/mol. The smallest absolute Gasteiger partial charge is 0.200 e. The van der Waals surface area contributed by atoms with Crippen LogP contribution in [0.3, 0.4) is 0 Å². The van der Waals surface area contributed by atoms with Gasteiger partial charge in [-0.15, -0.1) is 0 Å². The minimum Gasteiger partial charge on any atom is -0.381 e. The van der Waals surface area contributed by atoms with Crippen molar-refractivity contribution in [3.63, 3.8) is 0 Å². The van der Waals surface area contributed by atoms with Gasteiger partial charge in [0, 0.05) is 25.5 Å². The summed E-state index contributed by atoms with van der Waals surface area (Å²) in [7, 11) is 0. The summed E-state index contributed by atoms with van der Waals surface area (Å²) in [5.74, 6) is 1.49. The molecule has 1 unspecified atom stereocenters. The molecule has 0 aromatic carbocycles. The molecule has 1 aromatic rings. The van der Waals surface area contributed by atoms with E-state index in [2.05, 4.69) is 15.3 Å². The van der Waals surface area contributed by atoms with Gasteiger partial charge in [0.05, 0.1) is 6.61 Å². The number of nitrogens with one attached hydrogen (secondary N) is 2. The Morgan fingerprint density at radius 1 is 1.69 bits per heavy atom. The molecular weight excluding hydrogens is 166 g/mol. The summed E-state index contributed by atoms with van der Waals surface area (Å²) in [6.07, 6.45) is 6.01. The van der Waals surface area contributed by atoms with Gasteiger partial charge in [0.25, 0.3) is 0 Å². The first kappa shape index (κ1) is 8.56. The summed E-state index contributed by atoms with van der Waals surface area (Å²) in [5.41, 5.74) is 0. The summed E-state index contributed by atoms with van der Waals surface area (Å²) >= 11 is 0. The Morgan fingerprint density at radius 2 is 2.69 bits per heavy atom. The fourth-order valence-corrected chi connectivity index (χ4v) is 1.57. The number of aromatic amines is 1. The number of rotatable bonds is 3. The lowest BCUT2D eigenvalue weighted by molar-refractivity contribution is 0.0594. The van der Waals surface area contributed by atoms with Crippen molar-refractivity contribution >= 4 is 5.95 Å². The van der Waals surface area contributed by atoms with E-state index in [0.717, 1.165) is 25.7 Å². The lowest BCUT2D eigenvalue weighted by atomic mass is 10.0. The zero-order valence-electron chi connectivity index (χ0n) is 7.62. The van der Waals surface area contributed by atoms with E-state index in [0.29, 0.717) is 5.92 Å². The zero-order valence-corrected chi connectivity index (χ0v) is 7.62. The van der Waals surface area contributed by atoms with Crippen LogP contribution in [0.15, 0.2) is 12.4 Å².